The molecule has 3 rings (SSSR count). The topological polar surface area (TPSA) is 102 Å². The Morgan fingerprint density at radius 2 is 2.27 bits per heavy atom. The lowest BCUT2D eigenvalue weighted by Crippen LogP contribution is -2.45. The summed E-state index contributed by atoms with van der Waals surface area (Å²) in [4.78, 5) is 21.6. The van der Waals surface area contributed by atoms with Gasteiger partial charge < -0.3 is 19.4 Å². The first-order valence-electron chi connectivity index (χ1n) is 7.29. The predicted octanol–water partition coefficient (Wildman–Crippen LogP) is 1.44. The van der Waals surface area contributed by atoms with E-state index in [9.17, 15) is 20.0 Å². The second-order valence-electron chi connectivity index (χ2n) is 5.78. The van der Waals surface area contributed by atoms with Crippen LogP contribution in [0.2, 0.25) is 0 Å². The second kappa shape index (κ2) is 5.24. The molecule has 1 aromatic carbocycles. The molecule has 0 radical (unpaired) electrons. The number of carboxylic acid groups (broad SMARTS) is 1. The van der Waals surface area contributed by atoms with E-state index in [1.165, 1.54) is 0 Å². The Morgan fingerprint density at radius 3 is 2.77 bits per heavy atom. The van der Waals surface area contributed by atoms with E-state index < -0.39 is 16.5 Å². The standard InChI is InChI=1S/C15H17NO6/c1-2-15(8-10-4-6-13(15)21-10)22-12-7-9(14(17)18)3-5-11(12)16(19)20/h3,5,7,10,13H,2,4,6,8H2,1H3,(H,17,18)/p-1. The maximum absolute atomic E-state index is 11.2. The summed E-state index contributed by atoms with van der Waals surface area (Å²) in [5.41, 5.74) is -1.02. The van der Waals surface area contributed by atoms with Crippen LogP contribution in [0.15, 0.2) is 18.2 Å². The van der Waals surface area contributed by atoms with Crippen LogP contribution >= 0.6 is 0 Å². The van der Waals surface area contributed by atoms with Gasteiger partial charge in [-0.05, 0) is 31.4 Å². The molecular formula is C15H16NO6-. The third kappa shape index (κ3) is 2.31. The van der Waals surface area contributed by atoms with E-state index in [0.717, 1.165) is 31.0 Å². The zero-order valence-electron chi connectivity index (χ0n) is 12.1. The Balaban J connectivity index is 1.97. The Kier molecular flexibility index (Phi) is 3.52. The summed E-state index contributed by atoms with van der Waals surface area (Å²) in [6.45, 7) is 1.94. The average Bonchev–Trinajstić information content (AvgIpc) is 3.07. The molecule has 3 unspecified atom stereocenters. The van der Waals surface area contributed by atoms with Crippen LogP contribution < -0.4 is 9.84 Å². The van der Waals surface area contributed by atoms with Crippen molar-refractivity contribution in [1.82, 2.24) is 0 Å². The fraction of sp³-hybridized carbons (Fsp3) is 0.533. The van der Waals surface area contributed by atoms with Gasteiger partial charge in [-0.25, -0.2) is 0 Å². The zero-order valence-corrected chi connectivity index (χ0v) is 12.1. The van der Waals surface area contributed by atoms with Gasteiger partial charge in [-0.15, -0.1) is 0 Å². The molecule has 7 nitrogen and oxygen atoms in total. The smallest absolute Gasteiger partial charge is 0.310 e. The summed E-state index contributed by atoms with van der Waals surface area (Å²) in [5, 5.41) is 22.1. The molecular weight excluding hydrogens is 290 g/mol. The third-order valence-corrected chi connectivity index (χ3v) is 4.57. The van der Waals surface area contributed by atoms with E-state index in [2.05, 4.69) is 0 Å². The minimum Gasteiger partial charge on any atom is -0.545 e. The van der Waals surface area contributed by atoms with E-state index in [0.29, 0.717) is 12.8 Å². The number of carboxylic acids is 1. The number of benzene rings is 1. The number of hydrogen-bond acceptors (Lipinski definition) is 6. The molecule has 22 heavy (non-hydrogen) atoms. The van der Waals surface area contributed by atoms with Gasteiger partial charge >= 0.3 is 5.69 Å². The first-order chi connectivity index (χ1) is 10.4. The van der Waals surface area contributed by atoms with Crippen molar-refractivity contribution in [2.24, 2.45) is 0 Å². The van der Waals surface area contributed by atoms with Crippen LogP contribution in [0.1, 0.15) is 43.0 Å². The number of aromatic carboxylic acids is 1. The second-order valence-corrected chi connectivity index (χ2v) is 5.78. The minimum absolute atomic E-state index is 0.0373. The van der Waals surface area contributed by atoms with Crippen LogP contribution in [0.25, 0.3) is 0 Å². The predicted molar refractivity (Wildman–Crippen MR) is 73.6 cm³/mol. The monoisotopic (exact) mass is 306 g/mol. The number of hydrogen-bond donors (Lipinski definition) is 0. The normalized spacial score (nSPS) is 29.5. The molecule has 1 aromatic rings. The number of nitrogens with zero attached hydrogens (tertiary/aromatic N) is 1. The van der Waals surface area contributed by atoms with Crippen molar-refractivity contribution in [3.8, 4) is 5.75 Å². The van der Waals surface area contributed by atoms with Crippen LogP contribution in [0.4, 0.5) is 5.69 Å². The molecule has 2 bridgehead atoms. The fourth-order valence-corrected chi connectivity index (χ4v) is 3.40. The van der Waals surface area contributed by atoms with Crippen molar-refractivity contribution in [3.63, 3.8) is 0 Å². The molecule has 118 valence electrons. The van der Waals surface area contributed by atoms with Crippen LogP contribution in [-0.2, 0) is 4.74 Å². The molecule has 3 atom stereocenters. The van der Waals surface area contributed by atoms with E-state index in [1.54, 1.807) is 0 Å². The van der Waals surface area contributed by atoms with Crippen LogP contribution in [-0.4, -0.2) is 28.7 Å². The van der Waals surface area contributed by atoms with Crippen molar-refractivity contribution < 1.29 is 24.3 Å². The van der Waals surface area contributed by atoms with Crippen LogP contribution in [0.3, 0.4) is 0 Å². The Labute approximate surface area is 127 Å². The number of carbonyl (C=O) groups excluding carboxylic acids is 1. The first-order valence-corrected chi connectivity index (χ1v) is 7.29. The van der Waals surface area contributed by atoms with Gasteiger partial charge in [-0.1, -0.05) is 6.92 Å². The van der Waals surface area contributed by atoms with E-state index in [4.69, 9.17) is 9.47 Å². The van der Waals surface area contributed by atoms with Crippen molar-refractivity contribution >= 4 is 11.7 Å². The van der Waals surface area contributed by atoms with Crippen molar-refractivity contribution in [2.45, 2.75) is 50.4 Å². The summed E-state index contributed by atoms with van der Waals surface area (Å²) in [6, 6.07) is 3.45. The SMILES string of the molecule is CCC1(Oc2cc(C(=O)[O-])ccc2[N+](=O)[O-])CC2CCC1O2. The highest BCUT2D eigenvalue weighted by Crippen LogP contribution is 2.47. The van der Waals surface area contributed by atoms with E-state index in [-0.39, 0.29) is 29.2 Å². The van der Waals surface area contributed by atoms with E-state index >= 15 is 0 Å². The van der Waals surface area contributed by atoms with Gasteiger partial charge in [0.15, 0.2) is 5.75 Å². The highest BCUT2D eigenvalue weighted by atomic mass is 16.6. The Morgan fingerprint density at radius 1 is 1.50 bits per heavy atom. The number of nitro groups is 1. The molecule has 0 amide bonds. The lowest BCUT2D eigenvalue weighted by atomic mass is 9.82. The summed E-state index contributed by atoms with van der Waals surface area (Å²) >= 11 is 0. The molecule has 0 N–H and O–H groups in total. The Bertz CT molecular complexity index is 630. The van der Waals surface area contributed by atoms with Gasteiger partial charge in [-0.2, -0.15) is 0 Å². The van der Waals surface area contributed by atoms with Crippen molar-refractivity contribution in [2.75, 3.05) is 0 Å². The molecule has 2 heterocycles. The molecule has 0 spiro atoms. The molecule has 2 aliphatic rings. The van der Waals surface area contributed by atoms with Gasteiger partial charge in [0.05, 0.1) is 23.1 Å². The average molecular weight is 306 g/mol. The molecule has 0 aliphatic carbocycles. The van der Waals surface area contributed by atoms with Crippen molar-refractivity contribution in [3.05, 3.63) is 33.9 Å². The maximum Gasteiger partial charge on any atom is 0.310 e. The highest BCUT2D eigenvalue weighted by Gasteiger charge is 2.53. The number of nitro benzene ring substituents is 1. The van der Waals surface area contributed by atoms with Gasteiger partial charge in [0.1, 0.15) is 5.60 Å². The van der Waals surface area contributed by atoms with Gasteiger partial charge in [0, 0.05) is 18.1 Å². The Hall–Kier alpha value is -2.15. The number of fused-ring (bicyclic) bond motifs is 2. The molecule has 2 saturated heterocycles. The fourth-order valence-electron chi connectivity index (χ4n) is 3.40. The number of carbonyl (C=O) groups is 1. The maximum atomic E-state index is 11.2. The van der Waals surface area contributed by atoms with Gasteiger partial charge in [0.2, 0.25) is 0 Å². The molecule has 0 saturated carbocycles. The number of rotatable bonds is 5. The molecule has 2 fully saturated rings. The van der Waals surface area contributed by atoms with Crippen LogP contribution in [0, 0.1) is 10.1 Å². The zero-order chi connectivity index (χ0) is 15.9. The summed E-state index contributed by atoms with van der Waals surface area (Å²) in [7, 11) is 0. The molecule has 2 aliphatic heterocycles. The largest absolute Gasteiger partial charge is 0.545 e. The van der Waals surface area contributed by atoms with Crippen LogP contribution in [0.5, 0.6) is 5.75 Å². The summed E-state index contributed by atoms with van der Waals surface area (Å²) in [5.74, 6) is -1.43. The molecule has 7 heteroatoms. The summed E-state index contributed by atoms with van der Waals surface area (Å²) in [6.07, 6.45) is 3.15. The third-order valence-electron chi connectivity index (χ3n) is 4.57. The molecule has 0 aromatic heterocycles. The quantitative estimate of drug-likeness (QED) is 0.602. The lowest BCUT2D eigenvalue weighted by molar-refractivity contribution is -0.386. The summed E-state index contributed by atoms with van der Waals surface area (Å²) < 4.78 is 11.8. The highest BCUT2D eigenvalue weighted by molar-refractivity contribution is 5.87. The minimum atomic E-state index is -1.39. The first kappa shape index (κ1) is 14.8. The lowest BCUT2D eigenvalue weighted by Gasteiger charge is -2.34. The number of ether oxygens (including phenoxy) is 2. The van der Waals surface area contributed by atoms with E-state index in [1.807, 2.05) is 6.92 Å². The van der Waals surface area contributed by atoms with Gasteiger partial charge in [-0.3, -0.25) is 10.1 Å². The van der Waals surface area contributed by atoms with Gasteiger partial charge in [0.25, 0.3) is 0 Å². The van der Waals surface area contributed by atoms with Crippen molar-refractivity contribution in [1.29, 1.82) is 0 Å².